The van der Waals surface area contributed by atoms with Gasteiger partial charge < -0.3 is 9.84 Å². The minimum absolute atomic E-state index is 0.0510. The van der Waals surface area contributed by atoms with E-state index in [9.17, 15) is 5.11 Å². The smallest absolute Gasteiger partial charge is 0.0972 e. The SMILES string of the molecule is CCO[C@@H]1CN(Cc2ccc(CC)cn2)C[C@H]1O. The number of β-amino-alcohol motifs (C(OH)–C–C–N with tert-alkyl or cyclic N) is 1. The number of aliphatic hydroxyl groups is 1. The largest absolute Gasteiger partial charge is 0.389 e. The van der Waals surface area contributed by atoms with Gasteiger partial charge in [0, 0.05) is 32.4 Å². The van der Waals surface area contributed by atoms with E-state index in [4.69, 9.17) is 4.74 Å². The van der Waals surface area contributed by atoms with Crippen LogP contribution in [-0.2, 0) is 17.7 Å². The van der Waals surface area contributed by atoms with Crippen LogP contribution in [0.5, 0.6) is 0 Å². The lowest BCUT2D eigenvalue weighted by atomic mass is 10.2. The zero-order valence-corrected chi connectivity index (χ0v) is 11.2. The Morgan fingerprint density at radius 1 is 1.39 bits per heavy atom. The highest BCUT2D eigenvalue weighted by atomic mass is 16.5. The molecule has 1 fully saturated rings. The maximum Gasteiger partial charge on any atom is 0.0972 e. The van der Waals surface area contributed by atoms with Gasteiger partial charge >= 0.3 is 0 Å². The molecule has 0 spiro atoms. The van der Waals surface area contributed by atoms with E-state index in [2.05, 4.69) is 28.9 Å². The van der Waals surface area contributed by atoms with E-state index in [-0.39, 0.29) is 12.2 Å². The van der Waals surface area contributed by atoms with Gasteiger partial charge in [0.25, 0.3) is 0 Å². The second-order valence-corrected chi connectivity index (χ2v) is 4.77. The molecule has 2 atom stereocenters. The number of likely N-dealkylation sites (tertiary alicyclic amines) is 1. The van der Waals surface area contributed by atoms with Gasteiger partial charge in [-0.2, -0.15) is 0 Å². The van der Waals surface area contributed by atoms with Crippen LogP contribution >= 0.6 is 0 Å². The molecule has 18 heavy (non-hydrogen) atoms. The maximum absolute atomic E-state index is 9.86. The molecule has 1 N–H and O–H groups in total. The highest BCUT2D eigenvalue weighted by Gasteiger charge is 2.31. The molecule has 0 saturated carbocycles. The first kappa shape index (κ1) is 13.5. The standard InChI is InChI=1S/C14H22N2O2/c1-3-11-5-6-12(15-7-11)8-16-9-13(17)14(10-16)18-4-2/h5-7,13-14,17H,3-4,8-10H2,1-2H3/t13-,14-/m1/s1. The third-order valence-corrected chi connectivity index (χ3v) is 3.37. The predicted octanol–water partition coefficient (Wildman–Crippen LogP) is 1.23. The van der Waals surface area contributed by atoms with E-state index in [1.165, 1.54) is 5.56 Å². The van der Waals surface area contributed by atoms with Crippen LogP contribution in [0.15, 0.2) is 18.3 Å². The Morgan fingerprint density at radius 2 is 2.22 bits per heavy atom. The average Bonchev–Trinajstić information content (AvgIpc) is 2.71. The first-order chi connectivity index (χ1) is 8.72. The van der Waals surface area contributed by atoms with Crippen molar-refractivity contribution in [3.63, 3.8) is 0 Å². The summed E-state index contributed by atoms with van der Waals surface area (Å²) in [5.74, 6) is 0. The number of pyridine rings is 1. The zero-order chi connectivity index (χ0) is 13.0. The van der Waals surface area contributed by atoms with Crippen molar-refractivity contribution in [1.82, 2.24) is 9.88 Å². The fourth-order valence-electron chi connectivity index (χ4n) is 2.33. The zero-order valence-electron chi connectivity index (χ0n) is 11.2. The van der Waals surface area contributed by atoms with E-state index >= 15 is 0 Å². The molecule has 0 bridgehead atoms. The summed E-state index contributed by atoms with van der Waals surface area (Å²) in [5.41, 5.74) is 2.31. The fourth-order valence-corrected chi connectivity index (χ4v) is 2.33. The molecule has 0 amide bonds. The number of aryl methyl sites for hydroxylation is 1. The van der Waals surface area contributed by atoms with Gasteiger partial charge in [0.05, 0.1) is 17.9 Å². The Morgan fingerprint density at radius 3 is 2.83 bits per heavy atom. The van der Waals surface area contributed by atoms with Crippen molar-refractivity contribution in [2.24, 2.45) is 0 Å². The molecule has 4 nitrogen and oxygen atoms in total. The lowest BCUT2D eigenvalue weighted by Crippen LogP contribution is -2.26. The number of ether oxygens (including phenoxy) is 1. The number of aliphatic hydroxyl groups excluding tert-OH is 1. The maximum atomic E-state index is 9.86. The van der Waals surface area contributed by atoms with Gasteiger partial charge in [-0.3, -0.25) is 9.88 Å². The quantitative estimate of drug-likeness (QED) is 0.853. The number of rotatable bonds is 5. The molecule has 1 aliphatic rings. The summed E-state index contributed by atoms with van der Waals surface area (Å²) < 4.78 is 5.51. The third-order valence-electron chi connectivity index (χ3n) is 3.37. The first-order valence-electron chi connectivity index (χ1n) is 6.68. The molecule has 0 aliphatic carbocycles. The van der Waals surface area contributed by atoms with Gasteiger partial charge in [0.2, 0.25) is 0 Å². The number of aromatic nitrogens is 1. The van der Waals surface area contributed by atoms with Crippen molar-refractivity contribution in [2.75, 3.05) is 19.7 Å². The molecule has 2 rings (SSSR count). The summed E-state index contributed by atoms with van der Waals surface area (Å²) in [4.78, 5) is 6.64. The van der Waals surface area contributed by atoms with Crippen molar-refractivity contribution in [2.45, 2.75) is 39.0 Å². The monoisotopic (exact) mass is 250 g/mol. The van der Waals surface area contributed by atoms with Crippen LogP contribution in [0, 0.1) is 0 Å². The molecule has 0 radical (unpaired) electrons. The molecule has 1 saturated heterocycles. The van der Waals surface area contributed by atoms with Crippen molar-refractivity contribution in [3.05, 3.63) is 29.6 Å². The Kier molecular flexibility index (Phi) is 4.69. The van der Waals surface area contributed by atoms with Crippen molar-refractivity contribution < 1.29 is 9.84 Å². The van der Waals surface area contributed by atoms with Crippen molar-refractivity contribution in [3.8, 4) is 0 Å². The number of hydrogen-bond acceptors (Lipinski definition) is 4. The second-order valence-electron chi connectivity index (χ2n) is 4.77. The minimum atomic E-state index is -0.375. The molecule has 0 aromatic carbocycles. The topological polar surface area (TPSA) is 45.6 Å². The predicted molar refractivity (Wildman–Crippen MR) is 70.3 cm³/mol. The number of nitrogens with zero attached hydrogens (tertiary/aromatic N) is 2. The Balaban J connectivity index is 1.90. The van der Waals surface area contributed by atoms with Crippen LogP contribution in [0.25, 0.3) is 0 Å². The van der Waals surface area contributed by atoms with E-state index < -0.39 is 0 Å². The van der Waals surface area contributed by atoms with Gasteiger partial charge in [-0.05, 0) is 25.0 Å². The van der Waals surface area contributed by atoms with E-state index in [0.717, 1.165) is 25.2 Å². The molecule has 0 unspecified atom stereocenters. The molecule has 1 aromatic heterocycles. The Bertz CT molecular complexity index is 367. The molecular formula is C14H22N2O2. The minimum Gasteiger partial charge on any atom is -0.389 e. The van der Waals surface area contributed by atoms with Crippen LogP contribution in [0.4, 0.5) is 0 Å². The Labute approximate surface area is 109 Å². The summed E-state index contributed by atoms with van der Waals surface area (Å²) >= 11 is 0. The highest BCUT2D eigenvalue weighted by Crippen LogP contribution is 2.16. The second kappa shape index (κ2) is 6.27. The van der Waals surface area contributed by atoms with Crippen molar-refractivity contribution >= 4 is 0 Å². The Hall–Kier alpha value is -0.970. The van der Waals surface area contributed by atoms with Crippen LogP contribution < -0.4 is 0 Å². The van der Waals surface area contributed by atoms with Gasteiger partial charge in [0.1, 0.15) is 0 Å². The van der Waals surface area contributed by atoms with E-state index in [1.807, 2.05) is 13.1 Å². The van der Waals surface area contributed by atoms with Crippen LogP contribution in [0.3, 0.4) is 0 Å². The molecule has 2 heterocycles. The third kappa shape index (κ3) is 3.28. The summed E-state index contributed by atoms with van der Waals surface area (Å²) in [6, 6.07) is 4.19. The first-order valence-corrected chi connectivity index (χ1v) is 6.68. The lowest BCUT2D eigenvalue weighted by molar-refractivity contribution is -0.00245. The average molecular weight is 250 g/mol. The summed E-state index contributed by atoms with van der Waals surface area (Å²) in [6.45, 7) is 6.97. The summed E-state index contributed by atoms with van der Waals surface area (Å²) in [5, 5.41) is 9.86. The van der Waals surface area contributed by atoms with Gasteiger partial charge in [-0.1, -0.05) is 13.0 Å². The van der Waals surface area contributed by atoms with Gasteiger partial charge in [-0.25, -0.2) is 0 Å². The fraction of sp³-hybridized carbons (Fsp3) is 0.643. The molecule has 100 valence electrons. The molecule has 1 aliphatic heterocycles. The number of hydrogen-bond donors (Lipinski definition) is 1. The van der Waals surface area contributed by atoms with Crippen LogP contribution in [-0.4, -0.2) is 46.9 Å². The summed E-state index contributed by atoms with van der Waals surface area (Å²) in [7, 11) is 0. The van der Waals surface area contributed by atoms with Gasteiger partial charge in [-0.15, -0.1) is 0 Å². The molecular weight excluding hydrogens is 228 g/mol. The highest BCUT2D eigenvalue weighted by molar-refractivity contribution is 5.14. The molecule has 4 heteroatoms. The van der Waals surface area contributed by atoms with Gasteiger partial charge in [0.15, 0.2) is 0 Å². The van der Waals surface area contributed by atoms with Crippen LogP contribution in [0.2, 0.25) is 0 Å². The lowest BCUT2D eigenvalue weighted by Gasteiger charge is -2.15. The molecule has 1 aromatic rings. The summed E-state index contributed by atoms with van der Waals surface area (Å²) in [6.07, 6.45) is 2.52. The van der Waals surface area contributed by atoms with E-state index in [1.54, 1.807) is 0 Å². The normalized spacial score (nSPS) is 24.6. The van der Waals surface area contributed by atoms with E-state index in [0.29, 0.717) is 13.2 Å². The van der Waals surface area contributed by atoms with Crippen molar-refractivity contribution in [1.29, 1.82) is 0 Å². The van der Waals surface area contributed by atoms with Crippen LogP contribution in [0.1, 0.15) is 25.1 Å².